The molecule has 1 aromatic carbocycles. The molecule has 0 saturated heterocycles. The molecule has 3 N–H and O–H groups in total. The number of carboxylic acids is 1. The summed E-state index contributed by atoms with van der Waals surface area (Å²) in [5.74, 6) is -1.78. The Labute approximate surface area is 161 Å². The quantitative estimate of drug-likeness (QED) is 0.498. The largest absolute Gasteiger partial charge is 0.480 e. The Morgan fingerprint density at radius 2 is 1.74 bits per heavy atom. The van der Waals surface area contributed by atoms with Crippen LogP contribution in [0.25, 0.3) is 0 Å². The normalized spacial score (nSPS) is 13.9. The first-order valence-electron chi connectivity index (χ1n) is 9.21. The third-order valence-electron chi connectivity index (χ3n) is 4.01. The average Bonchev–Trinajstić information content (AvgIpc) is 2.59. The third kappa shape index (κ3) is 9.01. The van der Waals surface area contributed by atoms with E-state index < -0.39 is 34.0 Å². The molecule has 1 amide bonds. The number of sulfonamides is 1. The SMILES string of the molecule is CCCCS(=O)(=O)N[C@@H](CC(C)C)C(=O)N[C@@H](Cc1ccccc1)C(=O)O. The van der Waals surface area contributed by atoms with Crippen LogP contribution < -0.4 is 10.0 Å². The molecule has 0 fully saturated rings. The molecule has 0 heterocycles. The summed E-state index contributed by atoms with van der Waals surface area (Å²) in [5, 5.41) is 11.9. The summed E-state index contributed by atoms with van der Waals surface area (Å²) < 4.78 is 26.8. The molecule has 0 aliphatic rings. The van der Waals surface area contributed by atoms with Crippen LogP contribution in [0.3, 0.4) is 0 Å². The van der Waals surface area contributed by atoms with E-state index in [1.807, 2.05) is 26.8 Å². The van der Waals surface area contributed by atoms with Crippen LogP contribution in [0.5, 0.6) is 0 Å². The Hall–Kier alpha value is -1.93. The Balaban J connectivity index is 2.87. The first kappa shape index (κ1) is 23.1. The minimum atomic E-state index is -3.61. The van der Waals surface area contributed by atoms with Crippen molar-refractivity contribution in [1.29, 1.82) is 0 Å². The highest BCUT2D eigenvalue weighted by molar-refractivity contribution is 7.89. The molecule has 0 aliphatic carbocycles. The number of hydrogen-bond acceptors (Lipinski definition) is 4. The van der Waals surface area contributed by atoms with Crippen molar-refractivity contribution in [2.75, 3.05) is 5.75 Å². The summed E-state index contributed by atoms with van der Waals surface area (Å²) in [5.41, 5.74) is 0.772. The Kier molecular flexibility index (Phi) is 9.45. The highest BCUT2D eigenvalue weighted by atomic mass is 32.2. The molecule has 1 rings (SSSR count). The monoisotopic (exact) mass is 398 g/mol. The number of aliphatic carboxylic acids is 1. The second-order valence-corrected chi connectivity index (χ2v) is 8.93. The van der Waals surface area contributed by atoms with Gasteiger partial charge in [-0.15, -0.1) is 0 Å². The highest BCUT2D eigenvalue weighted by Gasteiger charge is 2.29. The smallest absolute Gasteiger partial charge is 0.326 e. The molecule has 0 bridgehead atoms. The van der Waals surface area contributed by atoms with Crippen LogP contribution in [0.1, 0.15) is 45.6 Å². The van der Waals surface area contributed by atoms with Gasteiger partial charge < -0.3 is 10.4 Å². The van der Waals surface area contributed by atoms with Crippen LogP contribution in [0.4, 0.5) is 0 Å². The van der Waals surface area contributed by atoms with E-state index in [1.165, 1.54) is 0 Å². The molecule has 0 saturated carbocycles. The van der Waals surface area contributed by atoms with Crippen molar-refractivity contribution < 1.29 is 23.1 Å². The minimum absolute atomic E-state index is 0.0578. The van der Waals surface area contributed by atoms with Crippen LogP contribution >= 0.6 is 0 Å². The van der Waals surface area contributed by atoms with Gasteiger partial charge in [0.2, 0.25) is 15.9 Å². The van der Waals surface area contributed by atoms with Crippen LogP contribution in [0.15, 0.2) is 30.3 Å². The molecule has 152 valence electrons. The molecule has 27 heavy (non-hydrogen) atoms. The van der Waals surface area contributed by atoms with Gasteiger partial charge in [-0.05, 0) is 24.3 Å². The van der Waals surface area contributed by atoms with Gasteiger partial charge in [-0.3, -0.25) is 4.79 Å². The Bertz CT molecular complexity index is 704. The fourth-order valence-corrected chi connectivity index (χ4v) is 4.04. The topological polar surface area (TPSA) is 113 Å². The van der Waals surface area contributed by atoms with Gasteiger partial charge in [0.1, 0.15) is 12.1 Å². The molecule has 0 radical (unpaired) electrons. The van der Waals surface area contributed by atoms with E-state index in [1.54, 1.807) is 24.3 Å². The summed E-state index contributed by atoms with van der Waals surface area (Å²) in [4.78, 5) is 24.2. The summed E-state index contributed by atoms with van der Waals surface area (Å²) >= 11 is 0. The van der Waals surface area contributed by atoms with E-state index in [9.17, 15) is 23.1 Å². The second kappa shape index (κ2) is 11.0. The van der Waals surface area contributed by atoms with Crippen molar-refractivity contribution in [2.24, 2.45) is 5.92 Å². The molecule has 2 atom stereocenters. The van der Waals surface area contributed by atoms with Gasteiger partial charge in [-0.25, -0.2) is 17.9 Å². The lowest BCUT2D eigenvalue weighted by atomic mass is 10.0. The predicted molar refractivity (Wildman–Crippen MR) is 105 cm³/mol. The average molecular weight is 399 g/mol. The van der Waals surface area contributed by atoms with Crippen molar-refractivity contribution in [3.63, 3.8) is 0 Å². The van der Waals surface area contributed by atoms with Crippen molar-refractivity contribution >= 4 is 21.9 Å². The zero-order valence-corrected chi connectivity index (χ0v) is 17.0. The maximum Gasteiger partial charge on any atom is 0.326 e. The molecule has 0 spiro atoms. The lowest BCUT2D eigenvalue weighted by molar-refractivity contribution is -0.142. The molecule has 0 aliphatic heterocycles. The molecule has 0 unspecified atom stereocenters. The van der Waals surface area contributed by atoms with E-state index in [2.05, 4.69) is 10.0 Å². The fourth-order valence-electron chi connectivity index (χ4n) is 2.61. The summed E-state index contributed by atoms with van der Waals surface area (Å²) in [6.45, 7) is 5.63. The van der Waals surface area contributed by atoms with Gasteiger partial charge in [0.05, 0.1) is 5.75 Å². The van der Waals surface area contributed by atoms with E-state index in [-0.39, 0.29) is 24.5 Å². The van der Waals surface area contributed by atoms with E-state index in [0.29, 0.717) is 6.42 Å². The predicted octanol–water partition coefficient (Wildman–Crippen LogP) is 1.93. The number of amides is 1. The molecular formula is C19H30N2O5S. The Morgan fingerprint density at radius 3 is 2.26 bits per heavy atom. The number of benzene rings is 1. The minimum Gasteiger partial charge on any atom is -0.480 e. The van der Waals surface area contributed by atoms with E-state index >= 15 is 0 Å². The highest BCUT2D eigenvalue weighted by Crippen LogP contribution is 2.09. The van der Waals surface area contributed by atoms with Gasteiger partial charge >= 0.3 is 5.97 Å². The third-order valence-corrected chi connectivity index (χ3v) is 5.48. The van der Waals surface area contributed by atoms with Gasteiger partial charge in [0.25, 0.3) is 0 Å². The number of carbonyl (C=O) groups is 2. The molecule has 1 aromatic rings. The Morgan fingerprint density at radius 1 is 1.11 bits per heavy atom. The van der Waals surface area contributed by atoms with Crippen LogP contribution in [0, 0.1) is 5.92 Å². The van der Waals surface area contributed by atoms with Crippen molar-refractivity contribution in [3.05, 3.63) is 35.9 Å². The van der Waals surface area contributed by atoms with E-state index in [0.717, 1.165) is 12.0 Å². The first-order chi connectivity index (χ1) is 12.6. The summed E-state index contributed by atoms with van der Waals surface area (Å²) in [6, 6.07) is 6.84. The molecule has 7 nitrogen and oxygen atoms in total. The number of hydrogen-bond donors (Lipinski definition) is 3. The zero-order valence-electron chi connectivity index (χ0n) is 16.1. The number of carbonyl (C=O) groups excluding carboxylic acids is 1. The van der Waals surface area contributed by atoms with Crippen molar-refractivity contribution in [2.45, 2.75) is 58.5 Å². The zero-order chi connectivity index (χ0) is 20.4. The standard InChI is InChI=1S/C19H30N2O5S/c1-4-5-11-27(25,26)21-16(12-14(2)3)18(22)20-17(19(23)24)13-15-9-7-6-8-10-15/h6-10,14,16-17,21H,4-5,11-13H2,1-3H3,(H,20,22)(H,23,24)/t16-,17-/m0/s1. The number of nitrogens with one attached hydrogen (secondary N) is 2. The van der Waals surface area contributed by atoms with E-state index in [4.69, 9.17) is 0 Å². The van der Waals surface area contributed by atoms with Crippen molar-refractivity contribution in [3.8, 4) is 0 Å². The van der Waals surface area contributed by atoms with Crippen LogP contribution in [0.2, 0.25) is 0 Å². The summed E-state index contributed by atoms with van der Waals surface area (Å²) in [6.07, 6.45) is 1.63. The van der Waals surface area contributed by atoms with Crippen LogP contribution in [-0.2, 0) is 26.0 Å². The fraction of sp³-hybridized carbons (Fsp3) is 0.579. The van der Waals surface area contributed by atoms with Gasteiger partial charge in [0.15, 0.2) is 0 Å². The van der Waals surface area contributed by atoms with Gasteiger partial charge in [0, 0.05) is 6.42 Å². The van der Waals surface area contributed by atoms with Crippen molar-refractivity contribution in [1.82, 2.24) is 10.0 Å². The molecular weight excluding hydrogens is 368 g/mol. The number of unbranched alkanes of at least 4 members (excludes halogenated alkanes) is 1. The maximum absolute atomic E-state index is 12.6. The maximum atomic E-state index is 12.6. The number of rotatable bonds is 12. The first-order valence-corrected chi connectivity index (χ1v) is 10.9. The van der Waals surface area contributed by atoms with Gasteiger partial charge in [-0.2, -0.15) is 0 Å². The lowest BCUT2D eigenvalue weighted by Crippen LogP contribution is -2.52. The summed E-state index contributed by atoms with van der Waals surface area (Å²) in [7, 11) is -3.61. The second-order valence-electron chi connectivity index (χ2n) is 7.06. The molecule has 0 aromatic heterocycles. The number of carboxylic acid groups (broad SMARTS) is 1. The van der Waals surface area contributed by atoms with Crippen LogP contribution in [-0.4, -0.2) is 43.2 Å². The molecule has 8 heteroatoms. The van der Waals surface area contributed by atoms with Gasteiger partial charge in [-0.1, -0.05) is 57.5 Å². The lowest BCUT2D eigenvalue weighted by Gasteiger charge is -2.22.